The van der Waals surface area contributed by atoms with E-state index in [-0.39, 0.29) is 15.2 Å². The monoisotopic (exact) mass is 348 g/mol. The van der Waals surface area contributed by atoms with Crippen LogP contribution < -0.4 is 10.6 Å². The van der Waals surface area contributed by atoms with Crippen LogP contribution in [0.1, 0.15) is 5.56 Å². The van der Waals surface area contributed by atoms with Crippen molar-refractivity contribution >= 4 is 44.5 Å². The van der Waals surface area contributed by atoms with Gasteiger partial charge in [-0.2, -0.15) is 13.2 Å². The van der Waals surface area contributed by atoms with Crippen molar-refractivity contribution in [1.82, 2.24) is 4.98 Å². The summed E-state index contributed by atoms with van der Waals surface area (Å²) in [5.41, 5.74) is -0.427. The Bertz CT molecular complexity index is 700. The number of hydrogen-bond acceptors (Lipinski definition) is 5. The van der Waals surface area contributed by atoms with Crippen LogP contribution in [0, 0.1) is 10.1 Å². The lowest BCUT2D eigenvalue weighted by Gasteiger charge is -2.10. The van der Waals surface area contributed by atoms with Crippen molar-refractivity contribution in [1.29, 1.82) is 0 Å². The van der Waals surface area contributed by atoms with Gasteiger partial charge in [-0.25, -0.2) is 4.98 Å². The average Bonchev–Trinajstić information content (AvgIpc) is 2.86. The number of nitrogens with zero attached hydrogens (tertiary/aromatic N) is 2. The lowest BCUT2D eigenvalue weighted by molar-refractivity contribution is -0.380. The maximum Gasteiger partial charge on any atom is 0.416 e. The van der Waals surface area contributed by atoms with Crippen LogP contribution in [-0.2, 0) is 6.18 Å². The van der Waals surface area contributed by atoms with Crippen LogP contribution in [0.25, 0.3) is 0 Å². The highest BCUT2D eigenvalue weighted by atomic mass is 32.1. The fraction of sp³-hybridized carbons (Fsp3) is 0.0909. The Kier molecular flexibility index (Phi) is 4.56. The number of rotatable bonds is 3. The molecule has 1 aromatic heterocycles. The molecule has 2 rings (SSSR count). The second kappa shape index (κ2) is 6.23. The van der Waals surface area contributed by atoms with E-state index >= 15 is 0 Å². The van der Waals surface area contributed by atoms with Gasteiger partial charge in [-0.15, -0.1) is 0 Å². The quantitative estimate of drug-likeness (QED) is 0.498. The minimum atomic E-state index is -4.41. The molecule has 1 heterocycles. The maximum atomic E-state index is 12.4. The van der Waals surface area contributed by atoms with Gasteiger partial charge in [0.2, 0.25) is 0 Å². The van der Waals surface area contributed by atoms with Crippen molar-refractivity contribution < 1.29 is 18.1 Å². The molecule has 0 aliphatic carbocycles. The molecule has 0 aliphatic rings. The Morgan fingerprint density at radius 1 is 1.27 bits per heavy atom. The average molecular weight is 348 g/mol. The summed E-state index contributed by atoms with van der Waals surface area (Å²) in [6.07, 6.45) is -3.33. The molecule has 116 valence electrons. The number of halogens is 3. The van der Waals surface area contributed by atoms with Crippen LogP contribution >= 0.6 is 23.6 Å². The van der Waals surface area contributed by atoms with E-state index < -0.39 is 16.7 Å². The minimum Gasteiger partial charge on any atom is -0.332 e. The number of anilines is 2. The fourth-order valence-electron chi connectivity index (χ4n) is 1.41. The summed E-state index contributed by atoms with van der Waals surface area (Å²) in [6.45, 7) is 0. The standard InChI is InChI=1S/C11H7F3N4O2S2/c12-11(13,14)6-1-3-7(4-2-6)16-9(21)17-10-15-5-8(22-10)18(19)20/h1-5H,(H2,15,16,17,21). The van der Waals surface area contributed by atoms with Gasteiger partial charge in [-0.1, -0.05) is 0 Å². The number of alkyl halides is 3. The number of hydrogen-bond donors (Lipinski definition) is 2. The van der Waals surface area contributed by atoms with Crippen LogP contribution in [0.3, 0.4) is 0 Å². The highest BCUT2D eigenvalue weighted by molar-refractivity contribution is 7.80. The molecule has 0 radical (unpaired) electrons. The van der Waals surface area contributed by atoms with Gasteiger partial charge >= 0.3 is 11.2 Å². The van der Waals surface area contributed by atoms with Crippen LogP contribution in [0.15, 0.2) is 30.5 Å². The van der Waals surface area contributed by atoms with Gasteiger partial charge in [-0.05, 0) is 47.8 Å². The number of aromatic nitrogens is 1. The Hall–Kier alpha value is -2.27. The molecule has 0 saturated heterocycles. The van der Waals surface area contributed by atoms with E-state index in [0.717, 1.165) is 29.7 Å². The summed E-state index contributed by atoms with van der Waals surface area (Å²) in [4.78, 5) is 13.7. The first-order valence-electron chi connectivity index (χ1n) is 5.61. The predicted octanol–water partition coefficient (Wildman–Crippen LogP) is 3.88. The predicted molar refractivity (Wildman–Crippen MR) is 80.1 cm³/mol. The van der Waals surface area contributed by atoms with E-state index in [9.17, 15) is 23.3 Å². The van der Waals surface area contributed by atoms with E-state index in [2.05, 4.69) is 15.6 Å². The van der Waals surface area contributed by atoms with Gasteiger partial charge in [0.25, 0.3) is 0 Å². The van der Waals surface area contributed by atoms with Crippen molar-refractivity contribution in [3.8, 4) is 0 Å². The molecule has 0 amide bonds. The molecule has 6 nitrogen and oxygen atoms in total. The Morgan fingerprint density at radius 2 is 1.91 bits per heavy atom. The van der Waals surface area contributed by atoms with Crippen LogP contribution in [0.2, 0.25) is 0 Å². The molecule has 0 atom stereocenters. The molecule has 2 aromatic rings. The zero-order chi connectivity index (χ0) is 16.3. The normalized spacial score (nSPS) is 11.0. The lowest BCUT2D eigenvalue weighted by atomic mass is 10.2. The third-order valence-corrected chi connectivity index (χ3v) is 3.43. The molecule has 0 bridgehead atoms. The largest absolute Gasteiger partial charge is 0.416 e. The Morgan fingerprint density at radius 3 is 2.41 bits per heavy atom. The number of thiazole rings is 1. The minimum absolute atomic E-state index is 0.0593. The van der Waals surface area contributed by atoms with Gasteiger partial charge in [0.05, 0.1) is 10.5 Å². The molecule has 0 aliphatic heterocycles. The summed E-state index contributed by atoms with van der Waals surface area (Å²) in [5.74, 6) is 0. The fourth-order valence-corrected chi connectivity index (χ4v) is 2.33. The van der Waals surface area contributed by atoms with Gasteiger partial charge < -0.3 is 10.6 Å². The van der Waals surface area contributed by atoms with E-state index in [1.54, 1.807) is 0 Å². The van der Waals surface area contributed by atoms with Crippen molar-refractivity contribution in [2.45, 2.75) is 6.18 Å². The van der Waals surface area contributed by atoms with E-state index in [1.165, 1.54) is 12.1 Å². The zero-order valence-electron chi connectivity index (χ0n) is 10.5. The summed E-state index contributed by atoms with van der Waals surface area (Å²) in [6, 6.07) is 4.28. The second-order valence-corrected chi connectivity index (χ2v) is 5.33. The molecule has 0 spiro atoms. The second-order valence-electron chi connectivity index (χ2n) is 3.91. The topological polar surface area (TPSA) is 80.1 Å². The SMILES string of the molecule is O=[N+]([O-])c1cnc(NC(=S)Nc2ccc(C(F)(F)F)cc2)s1. The highest BCUT2D eigenvalue weighted by Crippen LogP contribution is 2.30. The first-order chi connectivity index (χ1) is 10.3. The first-order valence-corrected chi connectivity index (χ1v) is 6.83. The molecule has 0 fully saturated rings. The van der Waals surface area contributed by atoms with Crippen LogP contribution in [0.5, 0.6) is 0 Å². The number of nitro groups is 1. The molecular weight excluding hydrogens is 341 g/mol. The molecule has 22 heavy (non-hydrogen) atoms. The van der Waals surface area contributed by atoms with Crippen LogP contribution in [-0.4, -0.2) is 15.0 Å². The van der Waals surface area contributed by atoms with Crippen molar-refractivity contribution in [2.24, 2.45) is 0 Å². The van der Waals surface area contributed by atoms with Gasteiger partial charge in [0, 0.05) is 5.69 Å². The highest BCUT2D eigenvalue weighted by Gasteiger charge is 2.29. The van der Waals surface area contributed by atoms with Crippen molar-refractivity contribution in [3.63, 3.8) is 0 Å². The smallest absolute Gasteiger partial charge is 0.332 e. The molecule has 0 unspecified atom stereocenters. The summed E-state index contributed by atoms with van der Waals surface area (Å²) < 4.78 is 37.3. The zero-order valence-corrected chi connectivity index (χ0v) is 12.2. The van der Waals surface area contributed by atoms with Crippen molar-refractivity contribution in [2.75, 3.05) is 10.6 Å². The molecule has 1 aromatic carbocycles. The van der Waals surface area contributed by atoms with E-state index in [1.807, 2.05) is 0 Å². The third-order valence-electron chi connectivity index (χ3n) is 2.36. The van der Waals surface area contributed by atoms with Gasteiger partial charge in [-0.3, -0.25) is 10.1 Å². The van der Waals surface area contributed by atoms with Gasteiger partial charge in [0.1, 0.15) is 6.20 Å². The third kappa shape index (κ3) is 4.11. The lowest BCUT2D eigenvalue weighted by Crippen LogP contribution is -2.19. The maximum absolute atomic E-state index is 12.4. The summed E-state index contributed by atoms with van der Waals surface area (Å²) in [5, 5.41) is 15.9. The van der Waals surface area contributed by atoms with Crippen molar-refractivity contribution in [3.05, 3.63) is 46.1 Å². The molecule has 2 N–H and O–H groups in total. The van der Waals surface area contributed by atoms with Gasteiger partial charge in [0.15, 0.2) is 10.2 Å². The number of thiocarbonyl (C=S) groups is 1. The molecular formula is C11H7F3N4O2S2. The Labute approximate surface area is 131 Å². The van der Waals surface area contributed by atoms with Crippen LogP contribution in [0.4, 0.5) is 29.0 Å². The summed E-state index contributed by atoms with van der Waals surface area (Å²) in [7, 11) is 0. The van der Waals surface area contributed by atoms with E-state index in [4.69, 9.17) is 12.2 Å². The molecule has 11 heteroatoms. The Balaban J connectivity index is 1.98. The number of benzene rings is 1. The van der Waals surface area contributed by atoms with E-state index in [0.29, 0.717) is 5.69 Å². The number of nitrogens with one attached hydrogen (secondary N) is 2. The summed E-state index contributed by atoms with van der Waals surface area (Å²) >= 11 is 5.74. The first kappa shape index (κ1) is 16.1. The molecule has 0 saturated carbocycles.